The molecule has 0 aromatic carbocycles. The number of ether oxygens (including phenoxy) is 1. The summed E-state index contributed by atoms with van der Waals surface area (Å²) in [7, 11) is 1.38. The number of hydrogen-bond donors (Lipinski definition) is 2. The van der Waals surface area contributed by atoms with Crippen molar-refractivity contribution in [1.82, 2.24) is 15.0 Å². The molecular formula is C20H22F3N5O. The monoisotopic (exact) mass is 405 g/mol. The van der Waals surface area contributed by atoms with Gasteiger partial charge in [0.2, 0.25) is 0 Å². The Hall–Kier alpha value is -2.81. The van der Waals surface area contributed by atoms with Crippen LogP contribution in [-0.2, 0) is 4.74 Å². The van der Waals surface area contributed by atoms with Crippen LogP contribution in [0.4, 0.5) is 24.8 Å². The van der Waals surface area contributed by atoms with Crippen LogP contribution in [-0.4, -0.2) is 54.0 Å². The summed E-state index contributed by atoms with van der Waals surface area (Å²) in [6.45, 7) is 0.445. The Labute approximate surface area is 166 Å². The van der Waals surface area contributed by atoms with Gasteiger partial charge in [-0.15, -0.1) is 0 Å². The van der Waals surface area contributed by atoms with Crippen LogP contribution in [0, 0.1) is 0 Å². The Morgan fingerprint density at radius 1 is 1.21 bits per heavy atom. The lowest BCUT2D eigenvalue weighted by molar-refractivity contribution is -0.119. The molecule has 9 heteroatoms. The number of aromatic amines is 1. The number of nitrogens with one attached hydrogen (secondary N) is 2. The van der Waals surface area contributed by atoms with Gasteiger partial charge in [-0.1, -0.05) is 0 Å². The fourth-order valence-corrected chi connectivity index (χ4v) is 3.46. The molecule has 0 atom stereocenters. The van der Waals surface area contributed by atoms with E-state index in [1.807, 2.05) is 12.1 Å². The SMILES string of the molecule is CN(CC(F)(F)F)c1cc(-c2cc3cnc(NC4CCOCC4)cc3[nH]2)ccn1. The third kappa shape index (κ3) is 4.79. The second kappa shape index (κ2) is 7.90. The van der Waals surface area contributed by atoms with Gasteiger partial charge in [-0.3, -0.25) is 0 Å². The van der Waals surface area contributed by atoms with E-state index in [2.05, 4.69) is 20.3 Å². The van der Waals surface area contributed by atoms with Gasteiger partial charge in [-0.2, -0.15) is 13.2 Å². The van der Waals surface area contributed by atoms with Crippen molar-refractivity contribution in [2.24, 2.45) is 0 Å². The molecule has 154 valence electrons. The Kier molecular flexibility index (Phi) is 5.31. The van der Waals surface area contributed by atoms with E-state index in [9.17, 15) is 13.2 Å². The number of fused-ring (bicyclic) bond motifs is 1. The molecule has 0 saturated carbocycles. The Balaban J connectivity index is 1.55. The van der Waals surface area contributed by atoms with Gasteiger partial charge < -0.3 is 19.9 Å². The molecule has 29 heavy (non-hydrogen) atoms. The van der Waals surface area contributed by atoms with E-state index in [0.717, 1.165) is 58.9 Å². The summed E-state index contributed by atoms with van der Waals surface area (Å²) in [5.74, 6) is 1.05. The molecule has 1 aliphatic heterocycles. The molecular weight excluding hydrogens is 383 g/mol. The van der Waals surface area contributed by atoms with Crippen LogP contribution < -0.4 is 10.2 Å². The summed E-state index contributed by atoms with van der Waals surface area (Å²) in [6.07, 6.45) is 0.906. The summed E-state index contributed by atoms with van der Waals surface area (Å²) in [5.41, 5.74) is 2.47. The third-order valence-corrected chi connectivity index (χ3v) is 4.94. The first-order valence-corrected chi connectivity index (χ1v) is 9.45. The standard InChI is InChI=1S/C20H22F3N5O/c1-28(12-20(21,22)23)19-9-13(2-5-24-19)16-8-14-11-25-18(10-17(14)27-16)26-15-3-6-29-7-4-15/h2,5,8-11,15,27H,3-4,6-7,12H2,1H3,(H,25,26). The fourth-order valence-electron chi connectivity index (χ4n) is 3.46. The van der Waals surface area contributed by atoms with Crippen molar-refractivity contribution in [2.45, 2.75) is 25.1 Å². The number of rotatable bonds is 5. The minimum Gasteiger partial charge on any atom is -0.381 e. The second-order valence-corrected chi connectivity index (χ2v) is 7.24. The van der Waals surface area contributed by atoms with Gasteiger partial charge in [0, 0.05) is 61.4 Å². The van der Waals surface area contributed by atoms with E-state index in [1.165, 1.54) is 13.2 Å². The van der Waals surface area contributed by atoms with Crippen LogP contribution in [0.2, 0.25) is 0 Å². The van der Waals surface area contributed by atoms with E-state index in [-0.39, 0.29) is 5.82 Å². The molecule has 4 rings (SSSR count). The van der Waals surface area contributed by atoms with Crippen LogP contribution in [0.3, 0.4) is 0 Å². The summed E-state index contributed by atoms with van der Waals surface area (Å²) in [4.78, 5) is 13.0. The zero-order valence-electron chi connectivity index (χ0n) is 16.0. The third-order valence-electron chi connectivity index (χ3n) is 4.94. The van der Waals surface area contributed by atoms with Crippen LogP contribution in [0.5, 0.6) is 0 Å². The van der Waals surface area contributed by atoms with E-state index < -0.39 is 12.7 Å². The van der Waals surface area contributed by atoms with Gasteiger partial charge >= 0.3 is 6.18 Å². The number of hydrogen-bond acceptors (Lipinski definition) is 5. The number of halogens is 3. The van der Waals surface area contributed by atoms with Crippen molar-refractivity contribution in [3.05, 3.63) is 36.7 Å². The van der Waals surface area contributed by atoms with Gasteiger partial charge in [0.15, 0.2) is 0 Å². The number of pyridine rings is 2. The van der Waals surface area contributed by atoms with E-state index in [1.54, 1.807) is 18.3 Å². The van der Waals surface area contributed by atoms with Crippen molar-refractivity contribution in [3.63, 3.8) is 0 Å². The summed E-state index contributed by atoms with van der Waals surface area (Å²) < 4.78 is 43.4. The maximum Gasteiger partial charge on any atom is 0.405 e. The normalized spacial score (nSPS) is 15.6. The fraction of sp³-hybridized carbons (Fsp3) is 0.400. The molecule has 4 heterocycles. The zero-order valence-corrected chi connectivity index (χ0v) is 16.0. The molecule has 0 bridgehead atoms. The van der Waals surface area contributed by atoms with Gasteiger partial charge in [0.1, 0.15) is 18.2 Å². The number of H-pyrrole nitrogens is 1. The first-order chi connectivity index (χ1) is 13.9. The molecule has 0 spiro atoms. The highest BCUT2D eigenvalue weighted by Gasteiger charge is 2.29. The highest BCUT2D eigenvalue weighted by molar-refractivity contribution is 5.87. The first kappa shape index (κ1) is 19.5. The van der Waals surface area contributed by atoms with Crippen molar-refractivity contribution < 1.29 is 17.9 Å². The van der Waals surface area contributed by atoms with Crippen LogP contribution in [0.1, 0.15) is 12.8 Å². The van der Waals surface area contributed by atoms with Crippen LogP contribution in [0.25, 0.3) is 22.2 Å². The maximum atomic E-state index is 12.7. The molecule has 2 N–H and O–H groups in total. The second-order valence-electron chi connectivity index (χ2n) is 7.24. The molecule has 3 aromatic rings. The lowest BCUT2D eigenvalue weighted by Gasteiger charge is -2.23. The predicted molar refractivity (Wildman–Crippen MR) is 106 cm³/mol. The summed E-state index contributed by atoms with van der Waals surface area (Å²) in [5, 5.41) is 4.36. The minimum atomic E-state index is -4.28. The Morgan fingerprint density at radius 3 is 2.76 bits per heavy atom. The number of alkyl halides is 3. The smallest absolute Gasteiger partial charge is 0.381 e. The quantitative estimate of drug-likeness (QED) is 0.666. The summed E-state index contributed by atoms with van der Waals surface area (Å²) >= 11 is 0. The maximum absolute atomic E-state index is 12.7. The molecule has 0 radical (unpaired) electrons. The number of anilines is 2. The lowest BCUT2D eigenvalue weighted by atomic mass is 10.1. The van der Waals surface area contributed by atoms with Crippen molar-refractivity contribution in [1.29, 1.82) is 0 Å². The predicted octanol–water partition coefficient (Wildman–Crippen LogP) is 4.21. The Bertz CT molecular complexity index is 982. The van der Waals surface area contributed by atoms with Gasteiger partial charge in [-0.05, 0) is 31.0 Å². The molecule has 1 saturated heterocycles. The van der Waals surface area contributed by atoms with Crippen molar-refractivity contribution in [3.8, 4) is 11.3 Å². The number of aromatic nitrogens is 3. The minimum absolute atomic E-state index is 0.262. The molecule has 0 unspecified atom stereocenters. The zero-order chi connectivity index (χ0) is 20.4. The average molecular weight is 405 g/mol. The Morgan fingerprint density at radius 2 is 2.00 bits per heavy atom. The van der Waals surface area contributed by atoms with Crippen molar-refractivity contribution in [2.75, 3.05) is 37.0 Å². The number of nitrogens with zero attached hydrogens (tertiary/aromatic N) is 3. The largest absolute Gasteiger partial charge is 0.405 e. The molecule has 1 aliphatic rings. The topological polar surface area (TPSA) is 66.1 Å². The first-order valence-electron chi connectivity index (χ1n) is 9.45. The average Bonchev–Trinajstić information content (AvgIpc) is 3.11. The van der Waals surface area contributed by atoms with Gasteiger partial charge in [0.25, 0.3) is 0 Å². The lowest BCUT2D eigenvalue weighted by Crippen LogP contribution is -2.31. The van der Waals surface area contributed by atoms with E-state index in [0.29, 0.717) is 6.04 Å². The van der Waals surface area contributed by atoms with Crippen LogP contribution >= 0.6 is 0 Å². The molecule has 0 amide bonds. The van der Waals surface area contributed by atoms with Gasteiger partial charge in [-0.25, -0.2) is 9.97 Å². The highest BCUT2D eigenvalue weighted by Crippen LogP contribution is 2.28. The van der Waals surface area contributed by atoms with Crippen molar-refractivity contribution >= 4 is 22.5 Å². The van der Waals surface area contributed by atoms with E-state index in [4.69, 9.17) is 4.74 Å². The highest BCUT2D eigenvalue weighted by atomic mass is 19.4. The summed E-state index contributed by atoms with van der Waals surface area (Å²) in [6, 6.07) is 7.64. The van der Waals surface area contributed by atoms with E-state index >= 15 is 0 Å². The molecule has 0 aliphatic carbocycles. The van der Waals surface area contributed by atoms with Gasteiger partial charge in [0.05, 0.1) is 5.52 Å². The molecule has 1 fully saturated rings. The van der Waals surface area contributed by atoms with Crippen LogP contribution in [0.15, 0.2) is 36.7 Å². The molecule has 6 nitrogen and oxygen atoms in total. The molecule has 3 aromatic heterocycles.